The summed E-state index contributed by atoms with van der Waals surface area (Å²) in [5.74, 6) is 0.601. The fourth-order valence-electron chi connectivity index (χ4n) is 1.10. The molecule has 10 heavy (non-hydrogen) atoms. The van der Waals surface area contributed by atoms with Gasteiger partial charge < -0.3 is 16.5 Å². The summed E-state index contributed by atoms with van der Waals surface area (Å²) in [6.07, 6.45) is 2.19. The first-order chi connectivity index (χ1) is 4.74. The molecule has 0 radical (unpaired) electrons. The van der Waals surface area contributed by atoms with E-state index < -0.39 is 0 Å². The number of allylic oxidation sites excluding steroid dienone is 2. The molecule has 0 bridgehead atoms. The summed E-state index contributed by atoms with van der Waals surface area (Å²) in [5, 5.41) is 10.0. The zero-order chi connectivity index (χ0) is 7.56. The monoisotopic (exact) mass is 139 g/mol. The van der Waals surface area contributed by atoms with Gasteiger partial charge in [0, 0.05) is 18.5 Å². The molecule has 3 nitrogen and oxygen atoms in total. The molecule has 4 N–H and O–H groups in total. The van der Waals surface area contributed by atoms with Gasteiger partial charge in [-0.25, -0.2) is 0 Å². The lowest BCUT2D eigenvalue weighted by molar-refractivity contribution is 0.511. The average Bonchev–Trinajstić information content (AvgIpc) is 1.88. The lowest BCUT2D eigenvalue weighted by Crippen LogP contribution is -2.30. The van der Waals surface area contributed by atoms with Crippen LogP contribution in [0.4, 0.5) is 0 Å². The summed E-state index contributed by atoms with van der Waals surface area (Å²) in [7, 11) is 0. The molecule has 0 saturated heterocycles. The molecule has 1 heterocycles. The zero-order valence-electron chi connectivity index (χ0n) is 6.15. The van der Waals surface area contributed by atoms with E-state index in [4.69, 9.17) is 11.1 Å². The second-order valence-electron chi connectivity index (χ2n) is 2.77. The van der Waals surface area contributed by atoms with Gasteiger partial charge in [-0.15, -0.1) is 0 Å². The van der Waals surface area contributed by atoms with E-state index in [-0.39, 0.29) is 0 Å². The standard InChI is InChI=1S/C7H13N3/c1-5-2-6(9)7(3-8)10-4-5/h3,5,8,10H,2,4,9H2,1H3/t5-/m1/s1. The smallest absolute Gasteiger partial charge is 0.0709 e. The van der Waals surface area contributed by atoms with Crippen molar-refractivity contribution in [3.8, 4) is 0 Å². The Bertz CT molecular complexity index is 172. The van der Waals surface area contributed by atoms with Gasteiger partial charge in [-0.05, 0) is 12.3 Å². The van der Waals surface area contributed by atoms with Crippen LogP contribution in [-0.4, -0.2) is 12.8 Å². The van der Waals surface area contributed by atoms with Crippen molar-refractivity contribution in [3.05, 3.63) is 11.4 Å². The lowest BCUT2D eigenvalue weighted by atomic mass is 10.0. The molecule has 56 valence electrons. The summed E-state index contributed by atoms with van der Waals surface area (Å²) in [6.45, 7) is 3.08. The van der Waals surface area contributed by atoms with E-state index in [9.17, 15) is 0 Å². The molecule has 0 fully saturated rings. The van der Waals surface area contributed by atoms with Crippen LogP contribution in [0.2, 0.25) is 0 Å². The first-order valence-electron chi connectivity index (χ1n) is 3.47. The molecular formula is C7H13N3. The van der Waals surface area contributed by atoms with Gasteiger partial charge in [0.15, 0.2) is 0 Å². The fourth-order valence-corrected chi connectivity index (χ4v) is 1.10. The molecule has 1 rings (SSSR count). The molecule has 1 aliphatic heterocycles. The van der Waals surface area contributed by atoms with Crippen LogP contribution in [0.25, 0.3) is 0 Å². The second-order valence-corrected chi connectivity index (χ2v) is 2.77. The summed E-state index contributed by atoms with van der Waals surface area (Å²) in [4.78, 5) is 0. The van der Waals surface area contributed by atoms with Gasteiger partial charge in [0.2, 0.25) is 0 Å². The van der Waals surface area contributed by atoms with Crippen LogP contribution >= 0.6 is 0 Å². The van der Waals surface area contributed by atoms with Gasteiger partial charge in [-0.1, -0.05) is 6.92 Å². The van der Waals surface area contributed by atoms with Crippen molar-refractivity contribution in [2.75, 3.05) is 6.54 Å². The minimum atomic E-state index is 0.601. The molecule has 1 aliphatic rings. The molecule has 0 unspecified atom stereocenters. The molecule has 0 amide bonds. The molecule has 0 aliphatic carbocycles. The molecule has 0 aromatic carbocycles. The normalized spacial score (nSPS) is 25.9. The highest BCUT2D eigenvalue weighted by Gasteiger charge is 2.12. The minimum Gasteiger partial charge on any atom is -0.400 e. The maximum atomic E-state index is 6.97. The van der Waals surface area contributed by atoms with Crippen LogP contribution in [0.1, 0.15) is 13.3 Å². The summed E-state index contributed by atoms with van der Waals surface area (Å²) >= 11 is 0. The van der Waals surface area contributed by atoms with Crippen molar-refractivity contribution in [1.29, 1.82) is 5.41 Å². The van der Waals surface area contributed by atoms with E-state index in [1.54, 1.807) is 0 Å². The number of nitrogens with two attached hydrogens (primary N) is 1. The van der Waals surface area contributed by atoms with Crippen LogP contribution in [-0.2, 0) is 0 Å². The van der Waals surface area contributed by atoms with Crippen molar-refractivity contribution in [1.82, 2.24) is 5.32 Å². The second kappa shape index (κ2) is 2.73. The number of hydrogen-bond donors (Lipinski definition) is 3. The molecule has 3 heteroatoms. The van der Waals surface area contributed by atoms with Crippen LogP contribution in [0.5, 0.6) is 0 Å². The van der Waals surface area contributed by atoms with E-state index >= 15 is 0 Å². The predicted octanol–water partition coefficient (Wildman–Crippen LogP) is 0.436. The van der Waals surface area contributed by atoms with Crippen molar-refractivity contribution >= 4 is 6.21 Å². The highest BCUT2D eigenvalue weighted by atomic mass is 14.9. The first kappa shape index (κ1) is 7.12. The van der Waals surface area contributed by atoms with Crippen LogP contribution in [0, 0.1) is 11.3 Å². The third-order valence-corrected chi connectivity index (χ3v) is 1.70. The average molecular weight is 139 g/mol. The third kappa shape index (κ3) is 1.29. The molecule has 0 aromatic heterocycles. The fraction of sp³-hybridized carbons (Fsp3) is 0.571. The highest BCUT2D eigenvalue weighted by Crippen LogP contribution is 2.13. The van der Waals surface area contributed by atoms with E-state index in [1.165, 1.54) is 6.21 Å². The SMILES string of the molecule is C[C@H]1CNC(C=N)=C(N)C1. The Labute approximate surface area is 60.8 Å². The molecular weight excluding hydrogens is 126 g/mol. The van der Waals surface area contributed by atoms with Crippen LogP contribution in [0.3, 0.4) is 0 Å². The Kier molecular flexibility index (Phi) is 1.94. The Morgan fingerprint density at radius 3 is 3.00 bits per heavy atom. The maximum absolute atomic E-state index is 6.97. The van der Waals surface area contributed by atoms with E-state index in [0.29, 0.717) is 5.92 Å². The molecule has 0 saturated carbocycles. The first-order valence-corrected chi connectivity index (χ1v) is 3.47. The lowest BCUT2D eigenvalue weighted by Gasteiger charge is -2.21. The Morgan fingerprint density at radius 2 is 2.50 bits per heavy atom. The Balaban J connectivity index is 2.70. The summed E-state index contributed by atoms with van der Waals surface area (Å²) < 4.78 is 0. The Hall–Kier alpha value is -0.990. The summed E-state index contributed by atoms with van der Waals surface area (Å²) in [5.41, 5.74) is 7.25. The van der Waals surface area contributed by atoms with Gasteiger partial charge in [-0.3, -0.25) is 0 Å². The van der Waals surface area contributed by atoms with Crippen LogP contribution < -0.4 is 11.1 Å². The van der Waals surface area contributed by atoms with Gasteiger partial charge in [0.25, 0.3) is 0 Å². The third-order valence-electron chi connectivity index (χ3n) is 1.70. The van der Waals surface area contributed by atoms with Crippen molar-refractivity contribution < 1.29 is 0 Å². The van der Waals surface area contributed by atoms with Gasteiger partial charge >= 0.3 is 0 Å². The van der Waals surface area contributed by atoms with Gasteiger partial charge in [0.1, 0.15) is 0 Å². The van der Waals surface area contributed by atoms with E-state index in [0.717, 1.165) is 24.4 Å². The zero-order valence-corrected chi connectivity index (χ0v) is 6.15. The molecule has 0 spiro atoms. The van der Waals surface area contributed by atoms with Crippen molar-refractivity contribution in [2.24, 2.45) is 11.7 Å². The maximum Gasteiger partial charge on any atom is 0.0709 e. The highest BCUT2D eigenvalue weighted by molar-refractivity contribution is 5.76. The topological polar surface area (TPSA) is 61.9 Å². The molecule has 0 aromatic rings. The number of nitrogens with one attached hydrogen (secondary N) is 2. The molecule has 1 atom stereocenters. The Morgan fingerprint density at radius 1 is 1.80 bits per heavy atom. The van der Waals surface area contributed by atoms with Gasteiger partial charge in [0.05, 0.1) is 5.70 Å². The van der Waals surface area contributed by atoms with Crippen molar-refractivity contribution in [2.45, 2.75) is 13.3 Å². The largest absolute Gasteiger partial charge is 0.400 e. The van der Waals surface area contributed by atoms with Gasteiger partial charge in [-0.2, -0.15) is 0 Å². The van der Waals surface area contributed by atoms with E-state index in [2.05, 4.69) is 12.2 Å². The van der Waals surface area contributed by atoms with E-state index in [1.807, 2.05) is 0 Å². The van der Waals surface area contributed by atoms with Crippen LogP contribution in [0.15, 0.2) is 11.4 Å². The summed E-state index contributed by atoms with van der Waals surface area (Å²) in [6, 6.07) is 0. The number of hydrogen-bond acceptors (Lipinski definition) is 3. The van der Waals surface area contributed by atoms with Crippen molar-refractivity contribution in [3.63, 3.8) is 0 Å². The quantitative estimate of drug-likeness (QED) is 0.461. The number of rotatable bonds is 1. The minimum absolute atomic E-state index is 0.601. The predicted molar refractivity (Wildman–Crippen MR) is 41.8 cm³/mol.